The summed E-state index contributed by atoms with van der Waals surface area (Å²) in [6, 6.07) is 7.65. The summed E-state index contributed by atoms with van der Waals surface area (Å²) in [5.74, 6) is 0.625. The number of ether oxygens (including phenoxy) is 1. The Kier molecular flexibility index (Phi) is 2.02. The molecule has 4 heteroatoms. The summed E-state index contributed by atoms with van der Waals surface area (Å²) < 4.78 is 6.20. The Morgan fingerprint density at radius 2 is 2.29 bits per heavy atom. The van der Waals surface area contributed by atoms with Gasteiger partial charge in [0.25, 0.3) is 0 Å². The molecule has 14 heavy (non-hydrogen) atoms. The molecule has 0 radical (unpaired) electrons. The van der Waals surface area contributed by atoms with Gasteiger partial charge in [0.05, 0.1) is 7.11 Å². The monoisotopic (exact) mass is 204 g/mol. The number of nitrogens with zero attached hydrogens (tertiary/aromatic N) is 1. The van der Waals surface area contributed by atoms with Crippen LogP contribution in [0.4, 0.5) is 5.69 Å². The molecule has 0 spiro atoms. The van der Waals surface area contributed by atoms with E-state index in [9.17, 15) is 0 Å². The minimum absolute atomic E-state index is 0.591. The van der Waals surface area contributed by atoms with Crippen LogP contribution in [-0.2, 0) is 0 Å². The Labute approximate surface area is 85.3 Å². The van der Waals surface area contributed by atoms with Gasteiger partial charge in [-0.2, -0.15) is 5.26 Å². The van der Waals surface area contributed by atoms with Crippen molar-refractivity contribution in [1.29, 1.82) is 5.26 Å². The minimum atomic E-state index is 0.591. The van der Waals surface area contributed by atoms with Gasteiger partial charge in [0.1, 0.15) is 10.9 Å². The summed E-state index contributed by atoms with van der Waals surface area (Å²) in [5, 5.41) is 9.78. The number of methoxy groups -OCH3 is 1. The second-order valence-electron chi connectivity index (χ2n) is 2.83. The van der Waals surface area contributed by atoms with E-state index < -0.39 is 0 Å². The molecule has 0 aliphatic heterocycles. The Bertz CT molecular complexity index is 525. The Hall–Kier alpha value is -1.73. The molecule has 0 saturated carbocycles. The van der Waals surface area contributed by atoms with Crippen molar-refractivity contribution < 1.29 is 4.74 Å². The lowest BCUT2D eigenvalue weighted by Crippen LogP contribution is -1.85. The molecule has 70 valence electrons. The molecule has 0 saturated heterocycles. The predicted molar refractivity (Wildman–Crippen MR) is 57.5 cm³/mol. The van der Waals surface area contributed by atoms with Crippen LogP contribution in [0.2, 0.25) is 0 Å². The largest absolute Gasteiger partial charge is 0.494 e. The maximum absolute atomic E-state index is 8.87. The molecule has 1 aromatic heterocycles. The molecular weight excluding hydrogens is 196 g/mol. The van der Waals surface area contributed by atoms with E-state index in [0.29, 0.717) is 16.3 Å². The van der Waals surface area contributed by atoms with Crippen LogP contribution < -0.4 is 10.5 Å². The SMILES string of the molecule is COc1c(C#N)sc2ccc(N)cc12. The van der Waals surface area contributed by atoms with Gasteiger partial charge in [-0.25, -0.2) is 0 Å². The molecule has 0 fully saturated rings. The summed E-state index contributed by atoms with van der Waals surface area (Å²) in [5.41, 5.74) is 6.34. The number of thiophene rings is 1. The van der Waals surface area contributed by atoms with Crippen molar-refractivity contribution in [2.45, 2.75) is 0 Å². The highest BCUT2D eigenvalue weighted by Gasteiger charge is 2.11. The maximum atomic E-state index is 8.87. The van der Waals surface area contributed by atoms with Crippen molar-refractivity contribution in [2.75, 3.05) is 12.8 Å². The quantitative estimate of drug-likeness (QED) is 0.725. The molecule has 0 aliphatic rings. The molecule has 1 aromatic carbocycles. The van der Waals surface area contributed by atoms with Crippen molar-refractivity contribution in [1.82, 2.24) is 0 Å². The normalized spacial score (nSPS) is 10.0. The highest BCUT2D eigenvalue weighted by Crippen LogP contribution is 2.37. The Morgan fingerprint density at radius 3 is 2.93 bits per heavy atom. The zero-order valence-corrected chi connectivity index (χ0v) is 8.39. The van der Waals surface area contributed by atoms with Gasteiger partial charge < -0.3 is 10.5 Å². The molecule has 3 nitrogen and oxygen atoms in total. The first-order valence-electron chi connectivity index (χ1n) is 4.02. The number of hydrogen-bond donors (Lipinski definition) is 1. The van der Waals surface area contributed by atoms with Crippen molar-refractivity contribution in [3.8, 4) is 11.8 Å². The lowest BCUT2D eigenvalue weighted by atomic mass is 10.2. The van der Waals surface area contributed by atoms with Gasteiger partial charge in [0, 0.05) is 15.8 Å². The van der Waals surface area contributed by atoms with Crippen molar-refractivity contribution in [2.24, 2.45) is 0 Å². The number of rotatable bonds is 1. The summed E-state index contributed by atoms with van der Waals surface area (Å²) in [6.45, 7) is 0. The number of hydrogen-bond acceptors (Lipinski definition) is 4. The van der Waals surface area contributed by atoms with E-state index in [1.807, 2.05) is 18.2 Å². The summed E-state index contributed by atoms with van der Waals surface area (Å²) in [6.07, 6.45) is 0. The Balaban J connectivity index is 2.83. The van der Waals surface area contributed by atoms with Gasteiger partial charge >= 0.3 is 0 Å². The van der Waals surface area contributed by atoms with Crippen LogP contribution in [0.25, 0.3) is 10.1 Å². The van der Waals surface area contributed by atoms with Crippen LogP contribution in [0, 0.1) is 11.3 Å². The molecule has 0 amide bonds. The first-order chi connectivity index (χ1) is 6.76. The van der Waals surface area contributed by atoms with E-state index in [-0.39, 0.29) is 0 Å². The van der Waals surface area contributed by atoms with Crippen LogP contribution in [0.1, 0.15) is 4.88 Å². The highest BCUT2D eigenvalue weighted by molar-refractivity contribution is 7.20. The summed E-state index contributed by atoms with van der Waals surface area (Å²) >= 11 is 1.42. The van der Waals surface area contributed by atoms with Crippen molar-refractivity contribution in [3.05, 3.63) is 23.1 Å². The average Bonchev–Trinajstić information content (AvgIpc) is 2.54. The average molecular weight is 204 g/mol. The van der Waals surface area contributed by atoms with Gasteiger partial charge in [0.15, 0.2) is 5.75 Å². The van der Waals surface area contributed by atoms with Crippen LogP contribution in [-0.4, -0.2) is 7.11 Å². The zero-order chi connectivity index (χ0) is 10.1. The summed E-state index contributed by atoms with van der Waals surface area (Å²) in [4.78, 5) is 0.591. The van der Waals surface area contributed by atoms with Crippen molar-refractivity contribution in [3.63, 3.8) is 0 Å². The fraction of sp³-hybridized carbons (Fsp3) is 0.100. The number of nitriles is 1. The van der Waals surface area contributed by atoms with Gasteiger partial charge in [-0.15, -0.1) is 11.3 Å². The molecule has 1 heterocycles. The zero-order valence-electron chi connectivity index (χ0n) is 7.57. The number of benzene rings is 1. The van der Waals surface area contributed by atoms with Gasteiger partial charge in [-0.3, -0.25) is 0 Å². The van der Waals surface area contributed by atoms with E-state index in [1.165, 1.54) is 11.3 Å². The third kappa shape index (κ3) is 1.19. The number of nitrogens with two attached hydrogens (primary N) is 1. The van der Waals surface area contributed by atoms with E-state index in [2.05, 4.69) is 6.07 Å². The van der Waals surface area contributed by atoms with Crippen LogP contribution in [0.3, 0.4) is 0 Å². The smallest absolute Gasteiger partial charge is 0.155 e. The standard InChI is InChI=1S/C10H8N2OS/c1-13-10-7-4-6(12)2-3-8(7)14-9(10)5-11/h2-4H,12H2,1H3. The lowest BCUT2D eigenvalue weighted by molar-refractivity contribution is 0.420. The number of anilines is 1. The first kappa shape index (κ1) is 8.85. The van der Waals surface area contributed by atoms with E-state index in [4.69, 9.17) is 15.7 Å². The number of fused-ring (bicyclic) bond motifs is 1. The van der Waals surface area contributed by atoms with Crippen molar-refractivity contribution >= 4 is 27.1 Å². The van der Waals surface area contributed by atoms with E-state index in [0.717, 1.165) is 10.1 Å². The molecule has 0 aliphatic carbocycles. The van der Waals surface area contributed by atoms with Crippen LogP contribution in [0.15, 0.2) is 18.2 Å². The lowest BCUT2D eigenvalue weighted by Gasteiger charge is -1.97. The van der Waals surface area contributed by atoms with E-state index in [1.54, 1.807) is 7.11 Å². The fourth-order valence-corrected chi connectivity index (χ4v) is 2.32. The molecule has 2 aromatic rings. The Morgan fingerprint density at radius 1 is 1.50 bits per heavy atom. The second kappa shape index (κ2) is 3.20. The fourth-order valence-electron chi connectivity index (χ4n) is 1.37. The van der Waals surface area contributed by atoms with Gasteiger partial charge in [0.2, 0.25) is 0 Å². The molecule has 2 N–H and O–H groups in total. The third-order valence-corrected chi connectivity index (χ3v) is 3.03. The van der Waals surface area contributed by atoms with Gasteiger partial charge in [-0.1, -0.05) is 0 Å². The molecule has 2 rings (SSSR count). The molecule has 0 bridgehead atoms. The highest BCUT2D eigenvalue weighted by atomic mass is 32.1. The minimum Gasteiger partial charge on any atom is -0.494 e. The summed E-state index contributed by atoms with van der Waals surface area (Å²) in [7, 11) is 1.56. The number of nitrogen functional groups attached to an aromatic ring is 1. The molecule has 0 atom stereocenters. The third-order valence-electron chi connectivity index (χ3n) is 1.97. The topological polar surface area (TPSA) is 59.0 Å². The molecule has 0 unspecified atom stereocenters. The van der Waals surface area contributed by atoms with Crippen LogP contribution >= 0.6 is 11.3 Å². The first-order valence-corrected chi connectivity index (χ1v) is 4.84. The van der Waals surface area contributed by atoms with E-state index >= 15 is 0 Å². The second-order valence-corrected chi connectivity index (χ2v) is 3.88. The predicted octanol–water partition coefficient (Wildman–Crippen LogP) is 2.36. The maximum Gasteiger partial charge on any atom is 0.155 e. The van der Waals surface area contributed by atoms with Gasteiger partial charge in [-0.05, 0) is 18.2 Å². The van der Waals surface area contributed by atoms with Crippen LogP contribution in [0.5, 0.6) is 5.75 Å². The molecular formula is C10H8N2OS.